The van der Waals surface area contributed by atoms with Gasteiger partial charge in [-0.3, -0.25) is 0 Å². The fourth-order valence-electron chi connectivity index (χ4n) is 1.91. The first-order valence-electron chi connectivity index (χ1n) is 6.77. The summed E-state index contributed by atoms with van der Waals surface area (Å²) in [6.07, 6.45) is 8.52. The molecule has 0 aromatic heterocycles. The van der Waals surface area contributed by atoms with Gasteiger partial charge in [0.1, 0.15) is 6.71 Å². The number of hydrogen-bond acceptors (Lipinski definition) is 1. The summed E-state index contributed by atoms with van der Waals surface area (Å²) in [5.41, 5.74) is 0. The van der Waals surface area contributed by atoms with Crippen LogP contribution in [-0.2, 0) is 4.43 Å². The highest BCUT2D eigenvalue weighted by atomic mass is 28.4. The van der Waals surface area contributed by atoms with Crippen LogP contribution in [-0.4, -0.2) is 15.0 Å². The summed E-state index contributed by atoms with van der Waals surface area (Å²) in [7, 11) is -1.40. The average Bonchev–Trinajstić information content (AvgIpc) is 2.21. The van der Waals surface area contributed by atoms with E-state index in [1.165, 1.54) is 31.1 Å². The van der Waals surface area contributed by atoms with Crippen LogP contribution in [0.1, 0.15) is 33.6 Å². The molecule has 0 aromatic carbocycles. The molecule has 0 N–H and O–H groups in total. The van der Waals surface area contributed by atoms with Crippen LogP contribution in [0.2, 0.25) is 38.6 Å². The SMILES string of the molecule is C/C=C(/CCCB(CC)CC)O[Si](C)(C)C. The van der Waals surface area contributed by atoms with Crippen molar-refractivity contribution in [3.05, 3.63) is 11.8 Å². The lowest BCUT2D eigenvalue weighted by Crippen LogP contribution is -2.24. The van der Waals surface area contributed by atoms with Gasteiger partial charge in [-0.2, -0.15) is 0 Å². The molecule has 0 amide bonds. The van der Waals surface area contributed by atoms with Crippen molar-refractivity contribution in [3.63, 3.8) is 0 Å². The third-order valence-corrected chi connectivity index (χ3v) is 3.82. The van der Waals surface area contributed by atoms with Gasteiger partial charge in [0, 0.05) is 6.42 Å². The van der Waals surface area contributed by atoms with Crippen molar-refractivity contribution in [2.45, 2.75) is 72.2 Å². The van der Waals surface area contributed by atoms with Crippen LogP contribution in [0.15, 0.2) is 11.8 Å². The molecule has 0 atom stereocenters. The molecule has 1 nitrogen and oxygen atoms in total. The zero-order valence-corrected chi connectivity index (χ0v) is 13.1. The molecule has 0 aliphatic rings. The second kappa shape index (κ2) is 7.99. The smallest absolute Gasteiger partial charge is 0.241 e. The molecule has 0 aromatic rings. The molecule has 0 unspecified atom stereocenters. The second-order valence-corrected chi connectivity index (χ2v) is 9.97. The number of allylic oxidation sites excluding steroid dienone is 2. The van der Waals surface area contributed by atoms with Crippen molar-refractivity contribution in [2.24, 2.45) is 0 Å². The lowest BCUT2D eigenvalue weighted by molar-refractivity contribution is 0.396. The minimum absolute atomic E-state index is 0.907. The van der Waals surface area contributed by atoms with Gasteiger partial charge in [0.05, 0.1) is 5.76 Å². The minimum Gasteiger partial charge on any atom is -0.548 e. The van der Waals surface area contributed by atoms with Crippen LogP contribution < -0.4 is 0 Å². The first-order valence-corrected chi connectivity index (χ1v) is 10.2. The van der Waals surface area contributed by atoms with Gasteiger partial charge in [-0.05, 0) is 26.6 Å². The summed E-state index contributed by atoms with van der Waals surface area (Å²) < 4.78 is 6.04. The Morgan fingerprint density at radius 2 is 1.75 bits per heavy atom. The van der Waals surface area contributed by atoms with E-state index < -0.39 is 8.32 Å². The maximum atomic E-state index is 6.04. The lowest BCUT2D eigenvalue weighted by Gasteiger charge is -2.22. The van der Waals surface area contributed by atoms with E-state index in [4.69, 9.17) is 4.43 Å². The molecule has 0 fully saturated rings. The van der Waals surface area contributed by atoms with Crippen LogP contribution >= 0.6 is 0 Å². The largest absolute Gasteiger partial charge is 0.548 e. The van der Waals surface area contributed by atoms with E-state index in [0.29, 0.717) is 0 Å². The maximum Gasteiger partial charge on any atom is 0.241 e. The third kappa shape index (κ3) is 8.03. The second-order valence-electron chi connectivity index (χ2n) is 5.54. The Morgan fingerprint density at radius 3 is 2.12 bits per heavy atom. The van der Waals surface area contributed by atoms with Crippen LogP contribution in [0.25, 0.3) is 0 Å². The Labute approximate surface area is 104 Å². The third-order valence-electron chi connectivity index (χ3n) is 2.95. The summed E-state index contributed by atoms with van der Waals surface area (Å²) in [5.74, 6) is 1.21. The van der Waals surface area contributed by atoms with Gasteiger partial charge in [-0.25, -0.2) is 0 Å². The first kappa shape index (κ1) is 15.8. The van der Waals surface area contributed by atoms with Crippen molar-refractivity contribution >= 4 is 15.0 Å². The molecule has 0 aliphatic carbocycles. The highest BCUT2D eigenvalue weighted by Crippen LogP contribution is 2.18. The fourth-order valence-corrected chi connectivity index (χ4v) is 2.92. The Morgan fingerprint density at radius 1 is 1.19 bits per heavy atom. The summed E-state index contributed by atoms with van der Waals surface area (Å²) in [6, 6.07) is 0. The van der Waals surface area contributed by atoms with Crippen molar-refractivity contribution in [1.82, 2.24) is 0 Å². The molecule has 16 heavy (non-hydrogen) atoms. The quantitative estimate of drug-likeness (QED) is 0.426. The van der Waals surface area contributed by atoms with E-state index >= 15 is 0 Å². The molecule has 0 saturated carbocycles. The summed E-state index contributed by atoms with van der Waals surface area (Å²) in [4.78, 5) is 0. The summed E-state index contributed by atoms with van der Waals surface area (Å²) in [6.45, 7) is 14.3. The van der Waals surface area contributed by atoms with Gasteiger partial charge in [-0.1, -0.05) is 45.3 Å². The van der Waals surface area contributed by atoms with E-state index in [-0.39, 0.29) is 0 Å². The van der Waals surface area contributed by atoms with Gasteiger partial charge < -0.3 is 4.43 Å². The zero-order valence-electron chi connectivity index (χ0n) is 12.1. The predicted molar refractivity (Wildman–Crippen MR) is 78.9 cm³/mol. The molecule has 0 bridgehead atoms. The van der Waals surface area contributed by atoms with E-state index in [9.17, 15) is 0 Å². The Hall–Kier alpha value is -0.178. The van der Waals surface area contributed by atoms with E-state index in [1.807, 2.05) is 0 Å². The Bertz CT molecular complexity index is 204. The molecular weight excluding hydrogens is 211 g/mol. The Kier molecular flexibility index (Phi) is 7.90. The zero-order chi connectivity index (χ0) is 12.6. The van der Waals surface area contributed by atoms with Crippen LogP contribution in [0.3, 0.4) is 0 Å². The van der Waals surface area contributed by atoms with Crippen molar-refractivity contribution in [1.29, 1.82) is 0 Å². The van der Waals surface area contributed by atoms with Crippen molar-refractivity contribution < 1.29 is 4.43 Å². The van der Waals surface area contributed by atoms with Crippen LogP contribution in [0.4, 0.5) is 0 Å². The van der Waals surface area contributed by atoms with E-state index in [1.54, 1.807) is 0 Å². The summed E-state index contributed by atoms with van der Waals surface area (Å²) >= 11 is 0. The molecule has 0 saturated heterocycles. The van der Waals surface area contributed by atoms with Gasteiger partial charge >= 0.3 is 0 Å². The summed E-state index contributed by atoms with van der Waals surface area (Å²) in [5, 5.41) is 0. The molecule has 0 rings (SSSR count). The molecule has 0 heterocycles. The van der Waals surface area contributed by atoms with Crippen molar-refractivity contribution in [2.75, 3.05) is 0 Å². The van der Waals surface area contributed by atoms with Crippen LogP contribution in [0, 0.1) is 0 Å². The fraction of sp³-hybridized carbons (Fsp3) is 0.846. The molecule has 0 aliphatic heterocycles. The molecule has 3 heteroatoms. The highest BCUT2D eigenvalue weighted by molar-refractivity contribution is 6.70. The monoisotopic (exact) mass is 240 g/mol. The molecule has 0 radical (unpaired) electrons. The van der Waals surface area contributed by atoms with E-state index in [0.717, 1.165) is 13.1 Å². The van der Waals surface area contributed by atoms with Gasteiger partial charge in [0.2, 0.25) is 8.32 Å². The maximum absolute atomic E-state index is 6.04. The molecule has 94 valence electrons. The highest BCUT2D eigenvalue weighted by Gasteiger charge is 2.17. The van der Waals surface area contributed by atoms with Gasteiger partial charge in [-0.15, -0.1) is 0 Å². The number of rotatable bonds is 8. The number of hydrogen-bond donors (Lipinski definition) is 0. The van der Waals surface area contributed by atoms with Gasteiger partial charge in [0.15, 0.2) is 0 Å². The topological polar surface area (TPSA) is 9.23 Å². The van der Waals surface area contributed by atoms with Crippen molar-refractivity contribution in [3.8, 4) is 0 Å². The lowest BCUT2D eigenvalue weighted by atomic mass is 9.43. The first-order chi connectivity index (χ1) is 7.42. The molecule has 0 spiro atoms. The minimum atomic E-state index is -1.40. The molecular formula is C13H29BOSi. The Balaban J connectivity index is 3.89. The van der Waals surface area contributed by atoms with Crippen LogP contribution in [0.5, 0.6) is 0 Å². The average molecular weight is 240 g/mol. The van der Waals surface area contributed by atoms with E-state index in [2.05, 4.69) is 46.5 Å². The normalized spacial score (nSPS) is 12.8. The predicted octanol–water partition coefficient (Wildman–Crippen LogP) is 5.06. The van der Waals surface area contributed by atoms with Gasteiger partial charge in [0.25, 0.3) is 0 Å². The standard InChI is InChI=1S/C13H29BOSi/c1-7-13(15-16(4,5)6)11-10-12-14(8-2)9-3/h7H,8-12H2,1-6H3/b13-7-.